The number of benzene rings is 2. The third kappa shape index (κ3) is 9.61. The molecule has 2 atom stereocenters. The first kappa shape index (κ1) is 33.7. The van der Waals surface area contributed by atoms with Crippen molar-refractivity contribution in [1.29, 1.82) is 0 Å². The first-order valence-electron chi connectivity index (χ1n) is 14.1. The Morgan fingerprint density at radius 3 is 2.40 bits per heavy atom. The Balaban J connectivity index is 2.00. The van der Waals surface area contributed by atoms with Crippen LogP contribution < -0.4 is 14.9 Å². The second-order valence-corrected chi connectivity index (χ2v) is 13.6. The van der Waals surface area contributed by atoms with Crippen LogP contribution in [0.3, 0.4) is 0 Å². The van der Waals surface area contributed by atoms with Crippen molar-refractivity contribution in [1.82, 2.24) is 14.7 Å². The summed E-state index contributed by atoms with van der Waals surface area (Å²) in [6.45, 7) is 8.44. The largest absolute Gasteiger partial charge is 0.454 e. The molecule has 1 unspecified atom stereocenters. The number of aliphatic hydroxyl groups excluding tert-OH is 1. The maximum atomic E-state index is 13.9. The normalized spacial score (nSPS) is 14.2. The van der Waals surface area contributed by atoms with E-state index < -0.39 is 39.8 Å². The van der Waals surface area contributed by atoms with Gasteiger partial charge in [0.25, 0.3) is 0 Å². The molecule has 0 bridgehead atoms. The highest BCUT2D eigenvalue weighted by molar-refractivity contribution is 7.89. The third-order valence-electron chi connectivity index (χ3n) is 6.37. The predicted molar refractivity (Wildman–Crippen MR) is 160 cm³/mol. The maximum Gasteiger partial charge on any atom is 0.426 e. The highest BCUT2D eigenvalue weighted by Gasteiger charge is 2.37. The molecule has 0 aliphatic carbocycles. The smallest absolute Gasteiger partial charge is 0.426 e. The van der Waals surface area contributed by atoms with Crippen molar-refractivity contribution < 1.29 is 37.3 Å². The van der Waals surface area contributed by atoms with Gasteiger partial charge in [0.15, 0.2) is 11.5 Å². The number of nitrogens with one attached hydrogen (secondary N) is 1. The van der Waals surface area contributed by atoms with Gasteiger partial charge in [-0.2, -0.15) is 4.31 Å². The summed E-state index contributed by atoms with van der Waals surface area (Å²) < 4.78 is 45.0. The fourth-order valence-corrected chi connectivity index (χ4v) is 6.12. The summed E-state index contributed by atoms with van der Waals surface area (Å²) in [7, 11) is -4.13. The predicted octanol–water partition coefficient (Wildman–Crippen LogP) is 3.72. The Kier molecular flexibility index (Phi) is 11.4. The highest BCUT2D eigenvalue weighted by atomic mass is 32.2. The molecule has 0 aromatic heterocycles. The van der Waals surface area contributed by atoms with Crippen LogP contribution in [0.15, 0.2) is 53.4 Å². The van der Waals surface area contributed by atoms with E-state index in [0.717, 1.165) is 10.6 Å². The minimum Gasteiger partial charge on any atom is -0.454 e. The zero-order valence-electron chi connectivity index (χ0n) is 25.3. The Labute approximate surface area is 254 Å². The molecule has 12 heteroatoms. The summed E-state index contributed by atoms with van der Waals surface area (Å²) in [6.07, 6.45) is 3.13. The number of hydrogen-bond acceptors (Lipinski definition) is 8. The van der Waals surface area contributed by atoms with Crippen molar-refractivity contribution in [3.63, 3.8) is 0 Å². The number of carbonyl (C=O) groups is 2. The summed E-state index contributed by atoms with van der Waals surface area (Å²) in [5.41, 5.74) is 2.38. The van der Waals surface area contributed by atoms with Gasteiger partial charge in [0.1, 0.15) is 5.60 Å². The van der Waals surface area contributed by atoms with Crippen LogP contribution in [-0.4, -0.2) is 72.5 Å². The van der Waals surface area contributed by atoms with Gasteiger partial charge in [-0.1, -0.05) is 44.2 Å². The van der Waals surface area contributed by atoms with Crippen molar-refractivity contribution in [3.05, 3.63) is 54.1 Å². The Morgan fingerprint density at radius 2 is 1.77 bits per heavy atom. The zero-order chi connectivity index (χ0) is 31.8. The average molecular weight is 616 g/mol. The number of hydrogen-bond donors (Lipinski definition) is 2. The number of ether oxygens (including phenoxy) is 3. The minimum atomic E-state index is -4.13. The van der Waals surface area contributed by atoms with Crippen LogP contribution in [0.5, 0.6) is 11.5 Å². The van der Waals surface area contributed by atoms with E-state index in [-0.39, 0.29) is 50.0 Å². The maximum absolute atomic E-state index is 13.9. The van der Waals surface area contributed by atoms with Crippen LogP contribution in [-0.2, 0) is 26.0 Å². The standard InChI is InChI=1S/C31H41N3O8S/c1-7-8-14-29(36)34(32-30(37)42-31(4,5)6)25(17-23-12-10-9-11-13-23)26(35)20-33(19-22(2)3)43(38,39)24-15-16-27-28(18-24)41-21-40-27/h1,9-13,15-16,18,22,25-26,35H,8,14,17,19-21H2,2-6H3,(H,32,37)/t25?,26-/m1/s1. The number of hydrazine groups is 1. The topological polar surface area (TPSA) is 135 Å². The van der Waals surface area contributed by atoms with Crippen LogP contribution in [0.4, 0.5) is 4.79 Å². The lowest BCUT2D eigenvalue weighted by molar-refractivity contribution is -0.140. The number of rotatable bonds is 12. The second kappa shape index (κ2) is 14.6. The van der Waals surface area contributed by atoms with E-state index in [1.807, 2.05) is 32.0 Å². The highest BCUT2D eigenvalue weighted by Crippen LogP contribution is 2.35. The number of aliphatic hydroxyl groups is 1. The molecule has 0 fully saturated rings. The second-order valence-electron chi connectivity index (χ2n) is 11.6. The number of nitrogens with zero attached hydrogens (tertiary/aromatic N) is 2. The first-order valence-corrected chi connectivity index (χ1v) is 15.5. The van der Waals surface area contributed by atoms with E-state index in [1.54, 1.807) is 32.9 Å². The van der Waals surface area contributed by atoms with Crippen LogP contribution >= 0.6 is 0 Å². The van der Waals surface area contributed by atoms with E-state index in [2.05, 4.69) is 11.3 Å². The number of sulfonamides is 1. The van der Waals surface area contributed by atoms with E-state index in [0.29, 0.717) is 11.5 Å². The molecule has 0 radical (unpaired) electrons. The third-order valence-corrected chi connectivity index (χ3v) is 8.19. The van der Waals surface area contributed by atoms with Gasteiger partial charge >= 0.3 is 6.09 Å². The Hall–Kier alpha value is -3.79. The van der Waals surface area contributed by atoms with Crippen molar-refractivity contribution in [2.24, 2.45) is 5.92 Å². The molecule has 0 saturated carbocycles. The molecule has 1 heterocycles. The number of amides is 2. The molecule has 0 saturated heterocycles. The molecule has 11 nitrogen and oxygen atoms in total. The fraction of sp³-hybridized carbons (Fsp3) is 0.484. The summed E-state index contributed by atoms with van der Waals surface area (Å²) >= 11 is 0. The zero-order valence-corrected chi connectivity index (χ0v) is 26.1. The molecular weight excluding hydrogens is 574 g/mol. The lowest BCUT2D eigenvalue weighted by atomic mass is 9.99. The first-order chi connectivity index (χ1) is 20.2. The summed E-state index contributed by atoms with van der Waals surface area (Å²) in [5, 5.41) is 12.7. The van der Waals surface area contributed by atoms with E-state index in [1.165, 1.54) is 22.5 Å². The van der Waals surface area contributed by atoms with Crippen LogP contribution in [0.1, 0.15) is 53.0 Å². The molecule has 2 N–H and O–H groups in total. The van der Waals surface area contributed by atoms with E-state index in [4.69, 9.17) is 20.6 Å². The van der Waals surface area contributed by atoms with Crippen molar-refractivity contribution >= 4 is 22.0 Å². The lowest BCUT2D eigenvalue weighted by Gasteiger charge is -2.37. The lowest BCUT2D eigenvalue weighted by Crippen LogP contribution is -2.59. The van der Waals surface area contributed by atoms with Gasteiger partial charge in [0.2, 0.25) is 22.7 Å². The molecule has 2 aromatic carbocycles. The number of carbonyl (C=O) groups excluding carboxylic acids is 2. The van der Waals surface area contributed by atoms with Gasteiger partial charge in [0, 0.05) is 32.0 Å². The van der Waals surface area contributed by atoms with E-state index >= 15 is 0 Å². The van der Waals surface area contributed by atoms with Crippen LogP contribution in [0.25, 0.3) is 0 Å². The quantitative estimate of drug-likeness (QED) is 0.273. The number of fused-ring (bicyclic) bond motifs is 1. The summed E-state index contributed by atoms with van der Waals surface area (Å²) in [5.74, 6) is 2.50. The summed E-state index contributed by atoms with van der Waals surface area (Å²) in [4.78, 5) is 26.2. The fourth-order valence-electron chi connectivity index (χ4n) is 4.48. The molecule has 2 amide bonds. The van der Waals surface area contributed by atoms with Crippen LogP contribution in [0.2, 0.25) is 0 Å². The summed E-state index contributed by atoms with van der Waals surface area (Å²) in [6, 6.07) is 12.3. The van der Waals surface area contributed by atoms with Gasteiger partial charge in [-0.05, 0) is 50.8 Å². The van der Waals surface area contributed by atoms with Gasteiger partial charge in [-0.25, -0.2) is 23.6 Å². The molecule has 1 aliphatic heterocycles. The average Bonchev–Trinajstić information content (AvgIpc) is 3.40. The van der Waals surface area contributed by atoms with Gasteiger partial charge in [0.05, 0.1) is 17.0 Å². The van der Waals surface area contributed by atoms with Crippen molar-refractivity contribution in [2.45, 2.75) is 76.5 Å². The van der Waals surface area contributed by atoms with Gasteiger partial charge in [-0.15, -0.1) is 12.3 Å². The van der Waals surface area contributed by atoms with Crippen molar-refractivity contribution in [2.75, 3.05) is 19.9 Å². The molecule has 1 aliphatic rings. The monoisotopic (exact) mass is 615 g/mol. The molecule has 43 heavy (non-hydrogen) atoms. The van der Waals surface area contributed by atoms with Crippen LogP contribution in [0, 0.1) is 18.3 Å². The SMILES string of the molecule is C#CCCC(=O)N(NC(=O)OC(C)(C)C)C(Cc1ccccc1)[C@H](O)CN(CC(C)C)S(=O)(=O)c1ccc2c(c1)OCO2. The van der Waals surface area contributed by atoms with Gasteiger partial charge in [-0.3, -0.25) is 4.79 Å². The molecule has 234 valence electrons. The molecule has 2 aromatic rings. The van der Waals surface area contributed by atoms with Gasteiger partial charge < -0.3 is 19.3 Å². The Bertz CT molecular complexity index is 1400. The minimum absolute atomic E-state index is 0.0113. The molecule has 3 rings (SSSR count). The molecular formula is C31H41N3O8S. The number of terminal acetylenes is 1. The Morgan fingerprint density at radius 1 is 1.09 bits per heavy atom. The van der Waals surface area contributed by atoms with E-state index in [9.17, 15) is 23.1 Å². The molecule has 0 spiro atoms. The van der Waals surface area contributed by atoms with Crippen molar-refractivity contribution in [3.8, 4) is 23.8 Å².